The van der Waals surface area contributed by atoms with E-state index in [9.17, 15) is 15.0 Å². The average molecular weight is 461 g/mol. The van der Waals surface area contributed by atoms with E-state index in [4.69, 9.17) is 0 Å². The highest BCUT2D eigenvalue weighted by atomic mass is 16.3. The van der Waals surface area contributed by atoms with Crippen molar-refractivity contribution in [2.45, 2.75) is 60.3 Å². The lowest BCUT2D eigenvalue weighted by Gasteiger charge is -2.23. The van der Waals surface area contributed by atoms with E-state index in [1.54, 1.807) is 35.2 Å². The lowest BCUT2D eigenvalue weighted by molar-refractivity contribution is 0.0991. The van der Waals surface area contributed by atoms with Gasteiger partial charge in [-0.15, -0.1) is 0 Å². The quantitative estimate of drug-likeness (QED) is 0.216. The number of fused-ring (bicyclic) bond motifs is 2. The molecule has 0 fully saturated rings. The average Bonchev–Trinajstić information content (AvgIpc) is 2.87. The van der Waals surface area contributed by atoms with Gasteiger partial charge in [0.2, 0.25) is 0 Å². The molecular formula is C29H36N2O3. The van der Waals surface area contributed by atoms with Gasteiger partial charge >= 0.3 is 0 Å². The Morgan fingerprint density at radius 2 is 1.62 bits per heavy atom. The van der Waals surface area contributed by atoms with Crippen molar-refractivity contribution in [3.05, 3.63) is 76.4 Å². The summed E-state index contributed by atoms with van der Waals surface area (Å²) in [6.45, 7) is 10.8. The van der Waals surface area contributed by atoms with Crippen LogP contribution in [0.4, 0.5) is 17.1 Å². The van der Waals surface area contributed by atoms with E-state index in [0.29, 0.717) is 29.2 Å². The van der Waals surface area contributed by atoms with Crippen LogP contribution in [0.5, 0.6) is 11.5 Å². The largest absolute Gasteiger partial charge is 0.508 e. The summed E-state index contributed by atoms with van der Waals surface area (Å²) in [6, 6.07) is 8.17. The van der Waals surface area contributed by atoms with E-state index in [1.807, 2.05) is 6.92 Å². The maximum absolute atomic E-state index is 13.5. The third kappa shape index (κ3) is 6.10. The fourth-order valence-corrected chi connectivity index (χ4v) is 4.12. The molecule has 3 rings (SSSR count). The first kappa shape index (κ1) is 25.2. The maximum Gasteiger partial charge on any atom is 0.260 e. The number of anilines is 3. The van der Waals surface area contributed by atoms with Crippen LogP contribution in [0.15, 0.2) is 65.3 Å². The van der Waals surface area contributed by atoms with Gasteiger partial charge in [-0.3, -0.25) is 4.79 Å². The molecule has 0 saturated heterocycles. The molecule has 180 valence electrons. The van der Waals surface area contributed by atoms with Crippen molar-refractivity contribution in [2.75, 3.05) is 16.8 Å². The van der Waals surface area contributed by atoms with Crippen molar-refractivity contribution in [3.63, 3.8) is 0 Å². The molecule has 0 aromatic heterocycles. The number of aryl methyl sites for hydroxylation is 1. The molecule has 0 spiro atoms. The predicted octanol–water partition coefficient (Wildman–Crippen LogP) is 7.53. The SMILES string of the molecule is CC(C)=CCCC(C)=CCCC(C)=CCN1C(=O)c2cccc(O)c2Nc2c(C)cc(O)cc21. The lowest BCUT2D eigenvalue weighted by Crippen LogP contribution is -2.30. The molecule has 5 nitrogen and oxygen atoms in total. The van der Waals surface area contributed by atoms with Crippen LogP contribution in [0.1, 0.15) is 69.3 Å². The fourth-order valence-electron chi connectivity index (χ4n) is 4.12. The van der Waals surface area contributed by atoms with Gasteiger partial charge < -0.3 is 20.4 Å². The first-order valence-corrected chi connectivity index (χ1v) is 11.9. The van der Waals surface area contributed by atoms with Gasteiger partial charge in [-0.05, 0) is 84.1 Å². The number of rotatable bonds is 8. The highest BCUT2D eigenvalue weighted by molar-refractivity contribution is 6.15. The number of nitrogens with zero attached hydrogens (tertiary/aromatic N) is 1. The Kier molecular flexibility index (Phi) is 8.21. The minimum absolute atomic E-state index is 0.0181. The number of amides is 1. The van der Waals surface area contributed by atoms with Crippen LogP contribution in [0.3, 0.4) is 0 Å². The molecule has 0 saturated carbocycles. The molecule has 0 aliphatic carbocycles. The molecule has 0 bridgehead atoms. The van der Waals surface area contributed by atoms with Gasteiger partial charge in [-0.2, -0.15) is 0 Å². The van der Waals surface area contributed by atoms with E-state index in [0.717, 1.165) is 31.2 Å². The van der Waals surface area contributed by atoms with Gasteiger partial charge in [-0.1, -0.05) is 41.0 Å². The van der Waals surface area contributed by atoms with Gasteiger partial charge in [0, 0.05) is 12.6 Å². The first-order valence-electron chi connectivity index (χ1n) is 11.9. The van der Waals surface area contributed by atoms with Crippen molar-refractivity contribution < 1.29 is 15.0 Å². The van der Waals surface area contributed by atoms with E-state index < -0.39 is 0 Å². The Labute approximate surface area is 203 Å². The van der Waals surface area contributed by atoms with E-state index in [1.165, 1.54) is 16.7 Å². The van der Waals surface area contributed by atoms with Crippen LogP contribution >= 0.6 is 0 Å². The summed E-state index contributed by atoms with van der Waals surface area (Å²) in [7, 11) is 0. The van der Waals surface area contributed by atoms with Crippen LogP contribution in [-0.2, 0) is 0 Å². The van der Waals surface area contributed by atoms with Gasteiger partial charge in [-0.25, -0.2) is 0 Å². The van der Waals surface area contributed by atoms with E-state index in [2.05, 4.69) is 51.2 Å². The zero-order valence-electron chi connectivity index (χ0n) is 20.9. The van der Waals surface area contributed by atoms with Gasteiger partial charge in [0.05, 0.1) is 22.6 Å². The number of phenolic OH excluding ortho intramolecular Hbond substituents is 2. The zero-order chi connectivity index (χ0) is 24.8. The van der Waals surface area contributed by atoms with Crippen molar-refractivity contribution in [3.8, 4) is 11.5 Å². The number of nitrogens with one attached hydrogen (secondary N) is 1. The Balaban J connectivity index is 1.80. The molecule has 1 aliphatic heterocycles. The highest BCUT2D eigenvalue weighted by Crippen LogP contribution is 2.42. The smallest absolute Gasteiger partial charge is 0.260 e. The van der Waals surface area contributed by atoms with Gasteiger partial charge in [0.25, 0.3) is 5.91 Å². The Bertz CT molecular complexity index is 1150. The van der Waals surface area contributed by atoms with Crippen LogP contribution in [0, 0.1) is 6.92 Å². The summed E-state index contributed by atoms with van der Waals surface area (Å²) in [5, 5.41) is 23.9. The van der Waals surface area contributed by atoms with Crippen LogP contribution in [-0.4, -0.2) is 22.7 Å². The minimum Gasteiger partial charge on any atom is -0.508 e. The Morgan fingerprint density at radius 3 is 2.32 bits per heavy atom. The molecule has 0 atom stereocenters. The number of aromatic hydroxyl groups is 2. The summed E-state index contributed by atoms with van der Waals surface area (Å²) in [5.74, 6) is -0.105. The lowest BCUT2D eigenvalue weighted by atomic mass is 10.1. The number of hydrogen-bond acceptors (Lipinski definition) is 4. The monoisotopic (exact) mass is 460 g/mol. The van der Waals surface area contributed by atoms with Crippen LogP contribution in [0.25, 0.3) is 0 Å². The molecule has 1 aliphatic rings. The minimum atomic E-state index is -0.221. The van der Waals surface area contributed by atoms with Crippen molar-refractivity contribution >= 4 is 23.0 Å². The number of allylic oxidation sites excluding steroid dienone is 5. The van der Waals surface area contributed by atoms with Gasteiger partial charge in [0.15, 0.2) is 0 Å². The number of hydrogen-bond donors (Lipinski definition) is 3. The summed E-state index contributed by atoms with van der Waals surface area (Å²) < 4.78 is 0. The van der Waals surface area contributed by atoms with Crippen molar-refractivity contribution in [1.82, 2.24) is 0 Å². The second-order valence-electron chi connectivity index (χ2n) is 9.36. The third-order valence-corrected chi connectivity index (χ3v) is 6.10. The molecule has 5 heteroatoms. The fraction of sp³-hybridized carbons (Fsp3) is 0.345. The number of carbonyl (C=O) groups excluding carboxylic acids is 1. The molecule has 0 radical (unpaired) electrons. The molecule has 2 aromatic carbocycles. The number of para-hydroxylation sites is 1. The molecule has 1 amide bonds. The summed E-state index contributed by atoms with van der Waals surface area (Å²) in [5.41, 5.74) is 6.83. The summed E-state index contributed by atoms with van der Waals surface area (Å²) >= 11 is 0. The zero-order valence-corrected chi connectivity index (χ0v) is 20.9. The van der Waals surface area contributed by atoms with Crippen molar-refractivity contribution in [2.24, 2.45) is 0 Å². The third-order valence-electron chi connectivity index (χ3n) is 6.10. The maximum atomic E-state index is 13.5. The second-order valence-corrected chi connectivity index (χ2v) is 9.36. The first-order chi connectivity index (χ1) is 16.2. The summed E-state index contributed by atoms with van der Waals surface area (Å²) in [4.78, 5) is 15.1. The topological polar surface area (TPSA) is 72.8 Å². The Morgan fingerprint density at radius 1 is 0.941 bits per heavy atom. The molecule has 2 aromatic rings. The molecular weight excluding hydrogens is 424 g/mol. The number of phenols is 2. The number of carbonyl (C=O) groups is 1. The standard InChI is InChI=1S/C29H36N2O3/c1-19(2)9-6-10-20(3)11-7-12-21(4)15-16-31-25-18-23(32)17-22(5)27(25)30-28-24(29(31)34)13-8-14-26(28)33/h8-9,11,13-15,17-18,30,32-33H,6-7,10,12,16H2,1-5H3. The van der Waals surface area contributed by atoms with Gasteiger partial charge in [0.1, 0.15) is 11.5 Å². The molecule has 34 heavy (non-hydrogen) atoms. The molecule has 1 heterocycles. The Hall–Kier alpha value is -3.47. The number of benzene rings is 2. The molecule has 0 unspecified atom stereocenters. The predicted molar refractivity (Wildman–Crippen MR) is 141 cm³/mol. The summed E-state index contributed by atoms with van der Waals surface area (Å²) in [6.07, 6.45) is 10.7. The van der Waals surface area contributed by atoms with E-state index >= 15 is 0 Å². The highest BCUT2D eigenvalue weighted by Gasteiger charge is 2.29. The normalized spacial score (nSPS) is 13.7. The second kappa shape index (κ2) is 11.1. The van der Waals surface area contributed by atoms with Crippen LogP contribution < -0.4 is 10.2 Å². The van der Waals surface area contributed by atoms with Crippen molar-refractivity contribution in [1.29, 1.82) is 0 Å². The van der Waals surface area contributed by atoms with Crippen LogP contribution in [0.2, 0.25) is 0 Å². The van der Waals surface area contributed by atoms with E-state index in [-0.39, 0.29) is 17.4 Å². The molecule has 3 N–H and O–H groups in total.